The maximum atomic E-state index is 11.0. The molecular weight excluding hydrogens is 255 g/mol. The van der Waals surface area contributed by atoms with Crippen molar-refractivity contribution in [1.82, 2.24) is 9.97 Å². The van der Waals surface area contributed by atoms with E-state index in [9.17, 15) is 4.79 Å². The molecule has 0 radical (unpaired) electrons. The first-order chi connectivity index (χ1) is 6.18. The van der Waals surface area contributed by atoms with E-state index in [1.54, 1.807) is 6.07 Å². The first-order valence-corrected chi connectivity index (χ1v) is 4.69. The quantitative estimate of drug-likeness (QED) is 0.738. The minimum Gasteiger partial charge on any atom is -0.296 e. The molecule has 1 N–H and O–H groups in total. The predicted molar refractivity (Wildman–Crippen MR) is 55.1 cm³/mol. The van der Waals surface area contributed by atoms with E-state index in [1.807, 2.05) is 12.1 Å². The van der Waals surface area contributed by atoms with E-state index in [0.29, 0.717) is 10.7 Å². The molecule has 0 amide bonds. The summed E-state index contributed by atoms with van der Waals surface area (Å²) in [7, 11) is 0. The molecule has 66 valence electrons. The normalized spacial score (nSPS) is 10.6. The lowest BCUT2D eigenvalue weighted by Crippen LogP contribution is -2.09. The maximum absolute atomic E-state index is 11.0. The lowest BCUT2D eigenvalue weighted by molar-refractivity contribution is 1.12. The number of benzene rings is 1. The molecule has 0 bridgehead atoms. The second-order valence-corrected chi connectivity index (χ2v) is 3.72. The van der Waals surface area contributed by atoms with Crippen LogP contribution >= 0.6 is 27.5 Å². The van der Waals surface area contributed by atoms with Crippen LogP contribution in [0.25, 0.3) is 10.9 Å². The van der Waals surface area contributed by atoms with Gasteiger partial charge in [0.1, 0.15) is 5.15 Å². The summed E-state index contributed by atoms with van der Waals surface area (Å²) in [4.78, 5) is 17.2. The van der Waals surface area contributed by atoms with Crippen molar-refractivity contribution in [3.05, 3.63) is 38.3 Å². The molecule has 0 fully saturated rings. The molecule has 0 saturated heterocycles. The molecule has 0 aliphatic rings. The van der Waals surface area contributed by atoms with Crippen LogP contribution in [-0.2, 0) is 0 Å². The number of nitrogens with one attached hydrogen (secondary N) is 1. The second-order valence-electron chi connectivity index (χ2n) is 2.49. The Morgan fingerprint density at radius 1 is 1.46 bits per heavy atom. The molecule has 3 nitrogen and oxygen atoms in total. The molecule has 5 heteroatoms. The van der Waals surface area contributed by atoms with Crippen LogP contribution in [0.2, 0.25) is 5.15 Å². The third-order valence-corrected chi connectivity index (χ3v) is 2.59. The zero-order valence-corrected chi connectivity index (χ0v) is 8.69. The fourth-order valence-electron chi connectivity index (χ4n) is 1.10. The topological polar surface area (TPSA) is 45.8 Å². The summed E-state index contributed by atoms with van der Waals surface area (Å²) in [5.41, 5.74) is 0.139. The van der Waals surface area contributed by atoms with Crippen LogP contribution in [-0.4, -0.2) is 9.97 Å². The lowest BCUT2D eigenvalue weighted by Gasteiger charge is -1.99. The Bertz CT molecular complexity index is 523. The van der Waals surface area contributed by atoms with Gasteiger partial charge in [-0.2, -0.15) is 4.98 Å². The Morgan fingerprint density at radius 2 is 2.23 bits per heavy atom. The van der Waals surface area contributed by atoms with E-state index in [-0.39, 0.29) is 0 Å². The third-order valence-electron chi connectivity index (χ3n) is 1.65. The van der Waals surface area contributed by atoms with Crippen LogP contribution in [0, 0.1) is 0 Å². The van der Waals surface area contributed by atoms with Gasteiger partial charge in [-0.25, -0.2) is 4.79 Å². The molecule has 2 aromatic rings. The summed E-state index contributed by atoms with van der Waals surface area (Å²) in [6, 6.07) is 5.44. The highest BCUT2D eigenvalue weighted by molar-refractivity contribution is 9.10. The molecule has 0 aliphatic heterocycles. The molecule has 13 heavy (non-hydrogen) atoms. The number of halogens is 2. The van der Waals surface area contributed by atoms with Gasteiger partial charge >= 0.3 is 5.69 Å². The van der Waals surface area contributed by atoms with Gasteiger partial charge in [0, 0.05) is 9.86 Å². The number of aromatic amines is 1. The van der Waals surface area contributed by atoms with Crippen molar-refractivity contribution in [2.45, 2.75) is 0 Å². The Labute approximate surface area is 86.9 Å². The molecule has 1 heterocycles. The van der Waals surface area contributed by atoms with Gasteiger partial charge in [0.15, 0.2) is 0 Å². The predicted octanol–water partition coefficient (Wildman–Crippen LogP) is 2.34. The van der Waals surface area contributed by atoms with Crippen LogP contribution < -0.4 is 5.69 Å². The van der Waals surface area contributed by atoms with Crippen LogP contribution in [0.15, 0.2) is 27.5 Å². The van der Waals surface area contributed by atoms with Crippen molar-refractivity contribution in [2.75, 3.05) is 0 Å². The van der Waals surface area contributed by atoms with Crippen molar-refractivity contribution in [1.29, 1.82) is 0 Å². The number of hydrogen-bond acceptors (Lipinski definition) is 2. The van der Waals surface area contributed by atoms with Crippen molar-refractivity contribution in [3.63, 3.8) is 0 Å². The summed E-state index contributed by atoms with van der Waals surface area (Å²) in [6.45, 7) is 0. The smallest absolute Gasteiger partial charge is 0.296 e. The minimum atomic E-state index is -0.440. The van der Waals surface area contributed by atoms with Crippen molar-refractivity contribution in [2.24, 2.45) is 0 Å². The average Bonchev–Trinajstić information content (AvgIpc) is 2.07. The zero-order chi connectivity index (χ0) is 9.42. The number of hydrogen-bond donors (Lipinski definition) is 1. The van der Waals surface area contributed by atoms with Gasteiger partial charge in [0.25, 0.3) is 0 Å². The monoisotopic (exact) mass is 258 g/mol. The highest BCUT2D eigenvalue weighted by atomic mass is 79.9. The van der Waals surface area contributed by atoms with Crippen LogP contribution in [0.3, 0.4) is 0 Å². The molecule has 1 aromatic heterocycles. The van der Waals surface area contributed by atoms with Gasteiger partial charge in [-0.3, -0.25) is 4.98 Å². The first kappa shape index (κ1) is 8.72. The zero-order valence-electron chi connectivity index (χ0n) is 6.34. The summed E-state index contributed by atoms with van der Waals surface area (Å²) in [5.74, 6) is 0. The Hall–Kier alpha value is -0.870. The van der Waals surface area contributed by atoms with E-state index < -0.39 is 5.69 Å². The highest BCUT2D eigenvalue weighted by Gasteiger charge is 2.04. The molecule has 0 saturated carbocycles. The number of fused-ring (bicyclic) bond motifs is 1. The van der Waals surface area contributed by atoms with Crippen LogP contribution in [0.1, 0.15) is 0 Å². The second kappa shape index (κ2) is 3.12. The van der Waals surface area contributed by atoms with E-state index in [4.69, 9.17) is 11.6 Å². The molecule has 1 aromatic carbocycles. The molecule has 2 rings (SSSR count). The van der Waals surface area contributed by atoms with Gasteiger partial charge in [0.2, 0.25) is 0 Å². The van der Waals surface area contributed by atoms with Crippen LogP contribution in [0.4, 0.5) is 0 Å². The number of nitrogens with zero attached hydrogens (tertiary/aromatic N) is 1. The third kappa shape index (κ3) is 1.47. The molecule has 0 atom stereocenters. The SMILES string of the molecule is O=c1nc2c(Br)cccc2c(Cl)[nH]1. The van der Waals surface area contributed by atoms with Crippen LogP contribution in [0.5, 0.6) is 0 Å². The van der Waals surface area contributed by atoms with Gasteiger partial charge in [-0.15, -0.1) is 0 Å². The van der Waals surface area contributed by atoms with E-state index in [1.165, 1.54) is 0 Å². The molecule has 0 unspecified atom stereocenters. The summed E-state index contributed by atoms with van der Waals surface area (Å²) in [5, 5.41) is 1.05. The summed E-state index contributed by atoms with van der Waals surface area (Å²) in [6.07, 6.45) is 0. The largest absolute Gasteiger partial charge is 0.346 e. The Kier molecular flexibility index (Phi) is 2.09. The molecule has 0 aliphatic carbocycles. The fraction of sp³-hybridized carbons (Fsp3) is 0. The van der Waals surface area contributed by atoms with Gasteiger partial charge < -0.3 is 0 Å². The average molecular weight is 259 g/mol. The van der Waals surface area contributed by atoms with E-state index >= 15 is 0 Å². The number of rotatable bonds is 0. The lowest BCUT2D eigenvalue weighted by atomic mass is 10.2. The summed E-state index contributed by atoms with van der Waals surface area (Å²) >= 11 is 9.11. The van der Waals surface area contributed by atoms with E-state index in [2.05, 4.69) is 25.9 Å². The number of H-pyrrole nitrogens is 1. The Morgan fingerprint density at radius 3 is 3.00 bits per heavy atom. The van der Waals surface area contributed by atoms with Crippen molar-refractivity contribution < 1.29 is 0 Å². The fourth-order valence-corrected chi connectivity index (χ4v) is 1.78. The maximum Gasteiger partial charge on any atom is 0.346 e. The van der Waals surface area contributed by atoms with Gasteiger partial charge in [0.05, 0.1) is 5.52 Å². The standard InChI is InChI=1S/C8H4BrClN2O/c9-5-3-1-2-4-6(5)11-8(13)12-7(4)10/h1-3H,(H,11,12,13). The van der Waals surface area contributed by atoms with E-state index in [0.717, 1.165) is 9.86 Å². The molecular formula is C8H4BrClN2O. The first-order valence-electron chi connectivity index (χ1n) is 3.52. The van der Waals surface area contributed by atoms with Gasteiger partial charge in [-0.05, 0) is 28.1 Å². The Balaban J connectivity index is 3.03. The summed E-state index contributed by atoms with van der Waals surface area (Å²) < 4.78 is 0.762. The minimum absolute atomic E-state index is 0.316. The molecule has 0 spiro atoms. The number of para-hydroxylation sites is 1. The number of aromatic nitrogens is 2. The van der Waals surface area contributed by atoms with Gasteiger partial charge in [-0.1, -0.05) is 17.7 Å². The van der Waals surface area contributed by atoms with Crippen molar-refractivity contribution >= 4 is 38.4 Å². The van der Waals surface area contributed by atoms with Crippen molar-refractivity contribution in [3.8, 4) is 0 Å². The highest BCUT2D eigenvalue weighted by Crippen LogP contribution is 2.24.